The van der Waals surface area contributed by atoms with Crippen LogP contribution in [0.2, 0.25) is 0 Å². The minimum Gasteiger partial charge on any atom is -0.379 e. The van der Waals surface area contributed by atoms with Crippen molar-refractivity contribution in [2.24, 2.45) is 5.73 Å². The van der Waals surface area contributed by atoms with E-state index in [2.05, 4.69) is 0 Å². The smallest absolute Gasteiger partial charge is 0.163 e. The Kier molecular flexibility index (Phi) is 4.81. The first kappa shape index (κ1) is 11.9. The minimum absolute atomic E-state index is 0.163. The van der Waals surface area contributed by atoms with Crippen LogP contribution in [0.4, 0.5) is 0 Å². The monoisotopic (exact) mass is 203 g/mol. The summed E-state index contributed by atoms with van der Waals surface area (Å²) < 4.78 is 16.5. The van der Waals surface area contributed by atoms with Gasteiger partial charge in [-0.1, -0.05) is 0 Å². The molecule has 1 aliphatic rings. The number of nitrogens with two attached hydrogens (primary N) is 1. The quantitative estimate of drug-likeness (QED) is 0.674. The van der Waals surface area contributed by atoms with Gasteiger partial charge in [-0.25, -0.2) is 0 Å². The molecule has 1 rings (SSSR count). The van der Waals surface area contributed by atoms with Crippen molar-refractivity contribution in [1.82, 2.24) is 0 Å². The Labute approximate surface area is 85.7 Å². The number of ether oxygens (including phenoxy) is 3. The number of hydrogen-bond acceptors (Lipinski definition) is 4. The van der Waals surface area contributed by atoms with Gasteiger partial charge < -0.3 is 19.9 Å². The topological polar surface area (TPSA) is 53.7 Å². The molecule has 0 aliphatic carbocycles. The fraction of sp³-hybridized carbons (Fsp3) is 1.00. The summed E-state index contributed by atoms with van der Waals surface area (Å²) in [6, 6.07) is 0. The van der Waals surface area contributed by atoms with Crippen LogP contribution < -0.4 is 5.73 Å². The average Bonchev–Trinajstić information content (AvgIpc) is 2.11. The van der Waals surface area contributed by atoms with Crippen LogP contribution >= 0.6 is 0 Å². The van der Waals surface area contributed by atoms with Gasteiger partial charge >= 0.3 is 0 Å². The zero-order valence-electron chi connectivity index (χ0n) is 9.12. The van der Waals surface area contributed by atoms with Crippen molar-refractivity contribution in [3.63, 3.8) is 0 Å². The van der Waals surface area contributed by atoms with Crippen molar-refractivity contribution in [1.29, 1.82) is 0 Å². The van der Waals surface area contributed by atoms with Gasteiger partial charge in [0.25, 0.3) is 0 Å². The van der Waals surface area contributed by atoms with Crippen LogP contribution in [0.3, 0.4) is 0 Å². The molecule has 0 saturated carbocycles. The first-order valence-electron chi connectivity index (χ1n) is 5.23. The Morgan fingerprint density at radius 2 is 2.29 bits per heavy atom. The molecule has 0 spiro atoms. The highest BCUT2D eigenvalue weighted by Gasteiger charge is 2.29. The van der Waals surface area contributed by atoms with E-state index in [1.807, 2.05) is 13.8 Å². The van der Waals surface area contributed by atoms with Gasteiger partial charge in [-0.05, 0) is 33.2 Å². The van der Waals surface area contributed by atoms with Crippen LogP contribution in [0.15, 0.2) is 0 Å². The largest absolute Gasteiger partial charge is 0.379 e. The van der Waals surface area contributed by atoms with Crippen LogP contribution in [0, 0.1) is 0 Å². The third-order valence-electron chi connectivity index (χ3n) is 2.14. The Hall–Kier alpha value is -0.160. The lowest BCUT2D eigenvalue weighted by Gasteiger charge is -2.35. The van der Waals surface area contributed by atoms with Crippen molar-refractivity contribution in [2.75, 3.05) is 26.4 Å². The molecule has 14 heavy (non-hydrogen) atoms. The van der Waals surface area contributed by atoms with Crippen molar-refractivity contribution in [3.8, 4) is 0 Å². The highest BCUT2D eigenvalue weighted by Crippen LogP contribution is 2.21. The Morgan fingerprint density at radius 3 is 2.93 bits per heavy atom. The lowest BCUT2D eigenvalue weighted by molar-refractivity contribution is -0.280. The van der Waals surface area contributed by atoms with E-state index >= 15 is 0 Å². The molecule has 0 aromatic heterocycles. The number of hydrogen-bond donors (Lipinski definition) is 1. The van der Waals surface area contributed by atoms with Crippen LogP contribution in [0.25, 0.3) is 0 Å². The molecule has 84 valence electrons. The maximum atomic E-state index is 5.68. The van der Waals surface area contributed by atoms with E-state index in [0.717, 1.165) is 26.1 Å². The van der Waals surface area contributed by atoms with E-state index in [1.165, 1.54) is 0 Å². The molecule has 1 atom stereocenters. The summed E-state index contributed by atoms with van der Waals surface area (Å²) in [6.07, 6.45) is 1.98. The summed E-state index contributed by atoms with van der Waals surface area (Å²) >= 11 is 0. The summed E-state index contributed by atoms with van der Waals surface area (Å²) in [5, 5.41) is 0. The van der Waals surface area contributed by atoms with Crippen molar-refractivity contribution in [3.05, 3.63) is 0 Å². The maximum absolute atomic E-state index is 5.68. The lowest BCUT2D eigenvalue weighted by atomic mass is 10.2. The molecular weight excluding hydrogens is 182 g/mol. The average molecular weight is 203 g/mol. The van der Waals surface area contributed by atoms with Gasteiger partial charge in [-0.2, -0.15) is 0 Å². The second-order valence-corrected chi connectivity index (χ2v) is 3.99. The predicted molar refractivity (Wildman–Crippen MR) is 54.0 cm³/mol. The zero-order valence-corrected chi connectivity index (χ0v) is 9.12. The second-order valence-electron chi connectivity index (χ2n) is 3.99. The van der Waals surface area contributed by atoms with Gasteiger partial charge in [0.2, 0.25) is 0 Å². The number of rotatable bonds is 5. The Bertz CT molecular complexity index is 161. The highest BCUT2D eigenvalue weighted by atomic mass is 16.7. The Morgan fingerprint density at radius 1 is 1.50 bits per heavy atom. The maximum Gasteiger partial charge on any atom is 0.163 e. The van der Waals surface area contributed by atoms with Gasteiger partial charge in [-0.15, -0.1) is 0 Å². The molecule has 0 bridgehead atoms. The third-order valence-corrected chi connectivity index (χ3v) is 2.14. The summed E-state index contributed by atoms with van der Waals surface area (Å²) in [5.74, 6) is -0.458. The second kappa shape index (κ2) is 5.66. The molecule has 2 N–H and O–H groups in total. The van der Waals surface area contributed by atoms with Gasteiger partial charge in [0.05, 0.1) is 19.3 Å². The molecule has 1 saturated heterocycles. The van der Waals surface area contributed by atoms with E-state index in [1.54, 1.807) is 0 Å². The van der Waals surface area contributed by atoms with E-state index in [9.17, 15) is 0 Å². The molecule has 1 unspecified atom stereocenters. The predicted octanol–water partition coefficient (Wildman–Crippen LogP) is 0.893. The first-order valence-corrected chi connectivity index (χ1v) is 5.23. The lowest BCUT2D eigenvalue weighted by Crippen LogP contribution is -2.41. The first-order chi connectivity index (χ1) is 6.64. The SMILES string of the molecule is CC1(C)OCCC(COCCCN)O1. The van der Waals surface area contributed by atoms with E-state index in [-0.39, 0.29) is 6.10 Å². The molecule has 0 radical (unpaired) electrons. The molecule has 1 fully saturated rings. The molecule has 0 aromatic carbocycles. The standard InChI is InChI=1S/C10H21NO3/c1-10(2)13-7-4-9(14-10)8-12-6-3-5-11/h9H,3-8,11H2,1-2H3. The molecule has 4 nitrogen and oxygen atoms in total. The van der Waals surface area contributed by atoms with E-state index in [4.69, 9.17) is 19.9 Å². The van der Waals surface area contributed by atoms with E-state index < -0.39 is 5.79 Å². The van der Waals surface area contributed by atoms with Gasteiger partial charge in [0, 0.05) is 6.61 Å². The van der Waals surface area contributed by atoms with Crippen LogP contribution in [0.5, 0.6) is 0 Å². The van der Waals surface area contributed by atoms with Crippen LogP contribution in [-0.2, 0) is 14.2 Å². The highest BCUT2D eigenvalue weighted by molar-refractivity contribution is 4.68. The summed E-state index contributed by atoms with van der Waals surface area (Å²) in [7, 11) is 0. The van der Waals surface area contributed by atoms with Gasteiger partial charge in [-0.3, -0.25) is 0 Å². The van der Waals surface area contributed by atoms with Crippen LogP contribution in [0.1, 0.15) is 26.7 Å². The minimum atomic E-state index is -0.458. The zero-order chi connectivity index (χ0) is 10.4. The van der Waals surface area contributed by atoms with Gasteiger partial charge in [0.15, 0.2) is 5.79 Å². The van der Waals surface area contributed by atoms with Crippen molar-refractivity contribution >= 4 is 0 Å². The molecule has 1 heterocycles. The fourth-order valence-electron chi connectivity index (χ4n) is 1.45. The fourth-order valence-corrected chi connectivity index (χ4v) is 1.45. The normalized spacial score (nSPS) is 26.4. The van der Waals surface area contributed by atoms with Crippen molar-refractivity contribution < 1.29 is 14.2 Å². The molecule has 0 amide bonds. The molecule has 4 heteroatoms. The van der Waals surface area contributed by atoms with E-state index in [0.29, 0.717) is 13.2 Å². The summed E-state index contributed by atoms with van der Waals surface area (Å²) in [6.45, 7) is 6.65. The van der Waals surface area contributed by atoms with Crippen LogP contribution in [-0.4, -0.2) is 38.3 Å². The Balaban J connectivity index is 2.12. The third kappa shape index (κ3) is 4.37. The van der Waals surface area contributed by atoms with Gasteiger partial charge in [0.1, 0.15) is 0 Å². The molecule has 1 aliphatic heterocycles. The summed E-state index contributed by atoms with van der Waals surface area (Å²) in [4.78, 5) is 0. The summed E-state index contributed by atoms with van der Waals surface area (Å²) in [5.41, 5.74) is 5.36. The molecular formula is C10H21NO3. The van der Waals surface area contributed by atoms with Crippen molar-refractivity contribution in [2.45, 2.75) is 38.6 Å². The molecule has 0 aromatic rings.